The highest BCUT2D eigenvalue weighted by Crippen LogP contribution is 2.28. The van der Waals surface area contributed by atoms with Crippen LogP contribution in [0.1, 0.15) is 22.4 Å². The minimum atomic E-state index is -0.146. The zero-order valence-corrected chi connectivity index (χ0v) is 20.6. The number of phenolic OH excluding ortho intramolecular Hbond substituents is 1. The van der Waals surface area contributed by atoms with Crippen LogP contribution < -0.4 is 16.6 Å². The summed E-state index contributed by atoms with van der Waals surface area (Å²) in [6.45, 7) is 2.18. The van der Waals surface area contributed by atoms with Crippen molar-refractivity contribution in [1.29, 1.82) is 5.41 Å². The third kappa shape index (κ3) is 4.50. The Bertz CT molecular complexity index is 1730. The zero-order valence-electron chi connectivity index (χ0n) is 19.9. The van der Waals surface area contributed by atoms with E-state index in [0.717, 1.165) is 16.6 Å². The minimum absolute atomic E-state index is 0.0161. The molecule has 2 heterocycles. The molecule has 3 aromatic carbocycles. The monoisotopic (exact) mass is 510 g/mol. The number of aryl methyl sites for hydroxylation is 1. The Balaban J connectivity index is 1.59. The first-order valence-electron chi connectivity index (χ1n) is 11.5. The lowest BCUT2D eigenvalue weighted by Crippen LogP contribution is -2.24. The van der Waals surface area contributed by atoms with E-state index in [0.29, 0.717) is 22.5 Å². The molecule has 9 heteroatoms. The first-order chi connectivity index (χ1) is 17.8. The Labute approximate surface area is 217 Å². The van der Waals surface area contributed by atoms with Crippen molar-refractivity contribution < 1.29 is 5.11 Å². The van der Waals surface area contributed by atoms with Gasteiger partial charge >= 0.3 is 0 Å². The van der Waals surface area contributed by atoms with E-state index in [-0.39, 0.29) is 40.0 Å². The van der Waals surface area contributed by atoms with Crippen LogP contribution in [0.15, 0.2) is 83.9 Å². The van der Waals surface area contributed by atoms with E-state index >= 15 is 0 Å². The Morgan fingerprint density at radius 3 is 2.62 bits per heavy atom. The topological polar surface area (TPSA) is 130 Å². The van der Waals surface area contributed by atoms with Crippen LogP contribution in [0, 0.1) is 12.3 Å². The smallest absolute Gasteiger partial charge is 0.263 e. The van der Waals surface area contributed by atoms with Gasteiger partial charge in [0, 0.05) is 16.6 Å². The molecular formula is C28H23ClN6O2. The van der Waals surface area contributed by atoms with Gasteiger partial charge in [-0.05, 0) is 48.2 Å². The summed E-state index contributed by atoms with van der Waals surface area (Å²) in [4.78, 5) is 22.0. The number of nitrogens with one attached hydrogen (secondary N) is 2. The number of phenols is 1. The molecule has 0 radical (unpaired) electrons. The number of nitrogens with zero attached hydrogens (tertiary/aromatic N) is 3. The molecule has 0 bridgehead atoms. The fourth-order valence-electron chi connectivity index (χ4n) is 4.29. The van der Waals surface area contributed by atoms with Gasteiger partial charge in [0.2, 0.25) is 0 Å². The molecule has 0 atom stereocenters. The van der Waals surface area contributed by atoms with Crippen molar-refractivity contribution in [1.82, 2.24) is 14.5 Å². The van der Waals surface area contributed by atoms with Crippen molar-refractivity contribution in [2.75, 3.05) is 11.1 Å². The van der Waals surface area contributed by atoms with Gasteiger partial charge in [-0.15, -0.1) is 0 Å². The number of halogens is 1. The molecule has 5 aromatic rings. The standard InChI is InChI=1S/C28H23ClN6O2/c1-16-6-2-5-9-22(16)35-19(12-17-7-3-4-8-20(17)28(35)37)14-32-27-24(26(31)33-15-34-27)25(30)18-10-11-21(29)23(36)13-18/h2-13,15,30,36H,14H2,1H3,(H3,31,32,33,34). The maximum atomic E-state index is 13.6. The number of hydrogen-bond donors (Lipinski definition) is 4. The van der Waals surface area contributed by atoms with E-state index in [1.807, 2.05) is 61.5 Å². The first kappa shape index (κ1) is 24.0. The van der Waals surface area contributed by atoms with Crippen molar-refractivity contribution in [3.63, 3.8) is 0 Å². The quantitative estimate of drug-likeness (QED) is 0.236. The third-order valence-electron chi connectivity index (χ3n) is 6.16. The van der Waals surface area contributed by atoms with Crippen LogP contribution in [0.2, 0.25) is 5.02 Å². The highest BCUT2D eigenvalue weighted by atomic mass is 35.5. The van der Waals surface area contributed by atoms with Gasteiger partial charge in [-0.1, -0.05) is 54.1 Å². The number of para-hydroxylation sites is 1. The number of rotatable bonds is 6. The van der Waals surface area contributed by atoms with Gasteiger partial charge in [0.05, 0.1) is 28.5 Å². The van der Waals surface area contributed by atoms with E-state index in [1.165, 1.54) is 18.5 Å². The van der Waals surface area contributed by atoms with Gasteiger partial charge in [0.25, 0.3) is 5.56 Å². The SMILES string of the molecule is Cc1ccccc1-n1c(CNc2ncnc(N)c2C(=N)c2ccc(Cl)c(O)c2)cc2ccccc2c1=O. The molecule has 0 fully saturated rings. The van der Waals surface area contributed by atoms with Crippen molar-refractivity contribution in [3.8, 4) is 11.4 Å². The van der Waals surface area contributed by atoms with Crippen LogP contribution >= 0.6 is 11.6 Å². The molecule has 37 heavy (non-hydrogen) atoms. The number of benzene rings is 3. The molecule has 0 amide bonds. The van der Waals surface area contributed by atoms with Gasteiger partial charge in [-0.25, -0.2) is 9.97 Å². The fourth-order valence-corrected chi connectivity index (χ4v) is 4.41. The molecule has 2 aromatic heterocycles. The summed E-state index contributed by atoms with van der Waals surface area (Å²) in [7, 11) is 0. The van der Waals surface area contributed by atoms with E-state index in [9.17, 15) is 9.90 Å². The number of nitrogens with two attached hydrogens (primary N) is 1. The average molecular weight is 511 g/mol. The van der Waals surface area contributed by atoms with Crippen molar-refractivity contribution in [2.24, 2.45) is 0 Å². The summed E-state index contributed by atoms with van der Waals surface area (Å²) in [5.41, 5.74) is 9.16. The number of nitrogen functional groups attached to an aromatic ring is 1. The largest absolute Gasteiger partial charge is 0.506 e. The Morgan fingerprint density at radius 2 is 1.84 bits per heavy atom. The van der Waals surface area contributed by atoms with Gasteiger partial charge in [-0.2, -0.15) is 0 Å². The van der Waals surface area contributed by atoms with Gasteiger partial charge in [0.1, 0.15) is 23.7 Å². The van der Waals surface area contributed by atoms with E-state index in [1.54, 1.807) is 10.6 Å². The second-order valence-electron chi connectivity index (χ2n) is 8.53. The predicted octanol–water partition coefficient (Wildman–Crippen LogP) is 5.06. The Kier molecular flexibility index (Phi) is 6.33. The van der Waals surface area contributed by atoms with Crippen LogP contribution in [-0.4, -0.2) is 25.4 Å². The van der Waals surface area contributed by atoms with Crippen molar-refractivity contribution in [2.45, 2.75) is 13.5 Å². The minimum Gasteiger partial charge on any atom is -0.506 e. The molecule has 0 aliphatic rings. The van der Waals surface area contributed by atoms with Crippen LogP contribution in [-0.2, 0) is 6.54 Å². The molecule has 0 unspecified atom stereocenters. The van der Waals surface area contributed by atoms with Gasteiger partial charge in [0.15, 0.2) is 0 Å². The molecule has 5 N–H and O–H groups in total. The third-order valence-corrected chi connectivity index (χ3v) is 6.48. The predicted molar refractivity (Wildman–Crippen MR) is 147 cm³/mol. The maximum absolute atomic E-state index is 13.6. The van der Waals surface area contributed by atoms with Crippen molar-refractivity contribution >= 4 is 39.7 Å². The number of aromatic hydroxyl groups is 1. The molecule has 5 rings (SSSR count). The van der Waals surface area contributed by atoms with Crippen molar-refractivity contribution in [3.05, 3.63) is 117 Å². The lowest BCUT2D eigenvalue weighted by molar-refractivity contribution is 0.475. The normalized spacial score (nSPS) is 11.0. The average Bonchev–Trinajstić information content (AvgIpc) is 2.89. The zero-order chi connectivity index (χ0) is 26.1. The fraction of sp³-hybridized carbons (Fsp3) is 0.0714. The Morgan fingerprint density at radius 1 is 1.08 bits per heavy atom. The molecule has 0 saturated heterocycles. The Hall–Kier alpha value is -4.69. The highest BCUT2D eigenvalue weighted by molar-refractivity contribution is 6.32. The molecule has 0 aliphatic heterocycles. The second kappa shape index (κ2) is 9.75. The molecule has 0 spiro atoms. The summed E-state index contributed by atoms with van der Waals surface area (Å²) in [5.74, 6) is 0.280. The van der Waals surface area contributed by atoms with Crippen LogP contribution in [0.25, 0.3) is 16.5 Å². The second-order valence-corrected chi connectivity index (χ2v) is 8.93. The highest BCUT2D eigenvalue weighted by Gasteiger charge is 2.19. The molecule has 8 nitrogen and oxygen atoms in total. The first-order valence-corrected chi connectivity index (χ1v) is 11.8. The van der Waals surface area contributed by atoms with Gasteiger partial charge in [-0.3, -0.25) is 14.8 Å². The van der Waals surface area contributed by atoms with E-state index in [2.05, 4.69) is 15.3 Å². The molecule has 184 valence electrons. The lowest BCUT2D eigenvalue weighted by Gasteiger charge is -2.18. The molecular weight excluding hydrogens is 488 g/mol. The number of fused-ring (bicyclic) bond motifs is 1. The maximum Gasteiger partial charge on any atom is 0.263 e. The van der Waals surface area contributed by atoms with Gasteiger partial charge < -0.3 is 16.2 Å². The number of aromatic nitrogens is 3. The summed E-state index contributed by atoms with van der Waals surface area (Å²) in [5, 5.41) is 23.6. The van der Waals surface area contributed by atoms with Crippen LogP contribution in [0.3, 0.4) is 0 Å². The number of hydrogen-bond acceptors (Lipinski definition) is 7. The lowest BCUT2D eigenvalue weighted by atomic mass is 10.0. The van der Waals surface area contributed by atoms with E-state index in [4.69, 9.17) is 22.7 Å². The summed E-state index contributed by atoms with van der Waals surface area (Å²) >= 11 is 5.93. The summed E-state index contributed by atoms with van der Waals surface area (Å²) in [6, 6.07) is 21.6. The molecule has 0 aliphatic carbocycles. The number of anilines is 2. The van der Waals surface area contributed by atoms with Crippen LogP contribution in [0.5, 0.6) is 5.75 Å². The van der Waals surface area contributed by atoms with E-state index < -0.39 is 0 Å². The summed E-state index contributed by atoms with van der Waals surface area (Å²) in [6.07, 6.45) is 1.31. The summed E-state index contributed by atoms with van der Waals surface area (Å²) < 4.78 is 1.69. The van der Waals surface area contributed by atoms with Crippen LogP contribution in [0.4, 0.5) is 11.6 Å². The molecule has 0 saturated carbocycles. The number of pyridine rings is 1.